The summed E-state index contributed by atoms with van der Waals surface area (Å²) in [5.74, 6) is -4.94. The molecule has 0 aliphatic carbocycles. The van der Waals surface area contributed by atoms with E-state index >= 15 is 0 Å². The van der Waals surface area contributed by atoms with Crippen molar-refractivity contribution < 1.29 is 63.8 Å². The molecule has 0 fully saturated rings. The van der Waals surface area contributed by atoms with Gasteiger partial charge in [-0.3, -0.25) is 0 Å². The van der Waals surface area contributed by atoms with Crippen molar-refractivity contribution in [3.63, 3.8) is 0 Å². The molecule has 168 valence electrons. The summed E-state index contributed by atoms with van der Waals surface area (Å²) in [6.07, 6.45) is 0. The van der Waals surface area contributed by atoms with Crippen molar-refractivity contribution >= 4 is 0 Å². The molecule has 0 unspecified atom stereocenters. The Labute approximate surface area is 206 Å². The average Bonchev–Trinajstić information content (AvgIpc) is 2.78. The fraction of sp³-hybridized carbons (Fsp3) is 0. The molecule has 4 aromatic rings. The molecule has 0 amide bonds. The molecule has 0 bridgehead atoms. The molecule has 9 heteroatoms. The van der Waals surface area contributed by atoms with E-state index in [1.807, 2.05) is 0 Å². The van der Waals surface area contributed by atoms with Gasteiger partial charge in [-0.25, -0.2) is 17.6 Å². The van der Waals surface area contributed by atoms with E-state index in [1.54, 1.807) is 0 Å². The SMILES string of the molecule is [Hf+4].[O-]c1ccccc1F.[O-]c1ccccc1F.[O-]c1ccccc1F.[O-]c1ccccc1F. The summed E-state index contributed by atoms with van der Waals surface area (Å²) in [5.41, 5.74) is 0. The van der Waals surface area contributed by atoms with Crippen LogP contribution in [0.1, 0.15) is 0 Å². The molecule has 0 radical (unpaired) electrons. The zero-order valence-electron chi connectivity index (χ0n) is 16.9. The summed E-state index contributed by atoms with van der Waals surface area (Å²) in [6.45, 7) is 0. The Kier molecular flexibility index (Phi) is 14.7. The molecule has 4 rings (SSSR count). The first-order valence-electron chi connectivity index (χ1n) is 8.88. The van der Waals surface area contributed by atoms with Gasteiger partial charge in [0.25, 0.3) is 0 Å². The molecule has 0 aromatic heterocycles. The summed E-state index contributed by atoms with van der Waals surface area (Å²) >= 11 is 0. The Morgan fingerprint density at radius 2 is 0.485 bits per heavy atom. The number of para-hydroxylation sites is 4. The summed E-state index contributed by atoms with van der Waals surface area (Å²) in [5, 5.41) is 41.0. The molecule has 0 N–H and O–H groups in total. The molecule has 0 aliphatic rings. The van der Waals surface area contributed by atoms with Gasteiger partial charge in [0.2, 0.25) is 0 Å². The van der Waals surface area contributed by atoms with E-state index in [0.29, 0.717) is 0 Å². The van der Waals surface area contributed by atoms with Crippen LogP contribution in [0.5, 0.6) is 23.0 Å². The van der Waals surface area contributed by atoms with Crippen molar-refractivity contribution in [2.75, 3.05) is 0 Å². The minimum absolute atomic E-state index is 0. The molecule has 0 aliphatic heterocycles. The zero-order chi connectivity index (χ0) is 23.9. The van der Waals surface area contributed by atoms with Crippen LogP contribution in [-0.4, -0.2) is 0 Å². The minimum atomic E-state index is -0.687. The maximum absolute atomic E-state index is 12.0. The van der Waals surface area contributed by atoms with Crippen molar-refractivity contribution in [2.24, 2.45) is 0 Å². The van der Waals surface area contributed by atoms with Gasteiger partial charge in [0, 0.05) is 0 Å². The van der Waals surface area contributed by atoms with Crippen LogP contribution in [0.4, 0.5) is 17.6 Å². The van der Waals surface area contributed by atoms with Crippen LogP contribution in [0.25, 0.3) is 0 Å². The first-order valence-corrected chi connectivity index (χ1v) is 8.88. The van der Waals surface area contributed by atoms with Crippen LogP contribution >= 0.6 is 0 Å². The van der Waals surface area contributed by atoms with Crippen molar-refractivity contribution in [3.05, 3.63) is 120 Å². The van der Waals surface area contributed by atoms with E-state index in [4.69, 9.17) is 0 Å². The number of hydrogen-bond donors (Lipinski definition) is 0. The van der Waals surface area contributed by atoms with E-state index in [2.05, 4.69) is 0 Å². The quantitative estimate of drug-likeness (QED) is 0.221. The molecule has 4 nitrogen and oxygen atoms in total. The number of halogens is 4. The zero-order valence-corrected chi connectivity index (χ0v) is 20.5. The predicted octanol–water partition coefficient (Wildman–Crippen LogP) is 3.59. The first-order chi connectivity index (χ1) is 15.2. The minimum Gasteiger partial charge on any atom is -0.870 e. The van der Waals surface area contributed by atoms with Gasteiger partial charge in [-0.1, -0.05) is 95.8 Å². The van der Waals surface area contributed by atoms with Gasteiger partial charge in [-0.05, 0) is 24.3 Å². The van der Waals surface area contributed by atoms with Crippen LogP contribution in [0.3, 0.4) is 0 Å². The van der Waals surface area contributed by atoms with Crippen molar-refractivity contribution in [1.82, 2.24) is 0 Å². The monoisotopic (exact) mass is 624 g/mol. The van der Waals surface area contributed by atoms with Crippen LogP contribution in [-0.2, 0) is 25.8 Å². The smallest absolute Gasteiger partial charge is 0.870 e. The predicted molar refractivity (Wildman–Crippen MR) is 103 cm³/mol. The van der Waals surface area contributed by atoms with Crippen LogP contribution in [0.2, 0.25) is 0 Å². The average molecular weight is 623 g/mol. The van der Waals surface area contributed by atoms with Crippen molar-refractivity contribution in [1.29, 1.82) is 0 Å². The van der Waals surface area contributed by atoms with E-state index in [-0.39, 0.29) is 25.8 Å². The third-order valence-electron chi connectivity index (χ3n) is 3.35. The molecular weight excluding hydrogens is 607 g/mol. The van der Waals surface area contributed by atoms with Crippen molar-refractivity contribution in [2.45, 2.75) is 0 Å². The van der Waals surface area contributed by atoms with Crippen LogP contribution < -0.4 is 20.4 Å². The van der Waals surface area contributed by atoms with E-state index in [0.717, 1.165) is 24.3 Å². The van der Waals surface area contributed by atoms with Gasteiger partial charge in [-0.15, -0.1) is 0 Å². The van der Waals surface area contributed by atoms with Gasteiger partial charge in [0.1, 0.15) is 23.3 Å². The van der Waals surface area contributed by atoms with Gasteiger partial charge < -0.3 is 20.4 Å². The van der Waals surface area contributed by atoms with Crippen LogP contribution in [0.15, 0.2) is 97.1 Å². The van der Waals surface area contributed by atoms with Gasteiger partial charge in [0.15, 0.2) is 0 Å². The summed E-state index contributed by atoms with van der Waals surface area (Å²) in [6, 6.07) is 21.3. The van der Waals surface area contributed by atoms with Gasteiger partial charge in [0.05, 0.1) is 0 Å². The number of rotatable bonds is 0. The molecule has 0 saturated heterocycles. The molecule has 0 atom stereocenters. The molecule has 4 aromatic carbocycles. The Balaban J connectivity index is 0.000000410. The second kappa shape index (κ2) is 16.3. The van der Waals surface area contributed by atoms with Gasteiger partial charge in [-0.2, -0.15) is 0 Å². The second-order valence-electron chi connectivity index (χ2n) is 5.72. The summed E-state index contributed by atoms with van der Waals surface area (Å²) in [4.78, 5) is 0. The normalized spacial score (nSPS) is 8.85. The number of benzene rings is 4. The summed E-state index contributed by atoms with van der Waals surface area (Å²) < 4.78 is 48.0. The fourth-order valence-corrected chi connectivity index (χ4v) is 1.78. The molecule has 0 heterocycles. The second-order valence-corrected chi connectivity index (χ2v) is 5.72. The Morgan fingerprint density at radius 3 is 0.576 bits per heavy atom. The maximum atomic E-state index is 12.0. The Hall–Kier alpha value is -3.33. The Morgan fingerprint density at radius 1 is 0.333 bits per heavy atom. The van der Waals surface area contributed by atoms with E-state index in [9.17, 15) is 38.0 Å². The fourth-order valence-electron chi connectivity index (χ4n) is 1.78. The van der Waals surface area contributed by atoms with Crippen LogP contribution in [0, 0.1) is 23.3 Å². The third kappa shape index (κ3) is 12.3. The molecule has 33 heavy (non-hydrogen) atoms. The molecular formula is C24H16F4HfO4. The Bertz CT molecular complexity index is 839. The van der Waals surface area contributed by atoms with E-state index < -0.39 is 46.3 Å². The van der Waals surface area contributed by atoms with Gasteiger partial charge >= 0.3 is 25.8 Å². The number of hydrogen-bond acceptors (Lipinski definition) is 4. The standard InChI is InChI=1S/4C6H5FO.Hf/c4*7-5-3-1-2-4-6(5)8;/h4*1-4,8H;/q;;;;+4/p-4. The largest absolute Gasteiger partial charge is 4.00 e. The van der Waals surface area contributed by atoms with Crippen molar-refractivity contribution in [3.8, 4) is 23.0 Å². The first kappa shape index (κ1) is 29.7. The van der Waals surface area contributed by atoms with E-state index in [1.165, 1.54) is 72.8 Å². The summed E-state index contributed by atoms with van der Waals surface area (Å²) in [7, 11) is 0. The maximum Gasteiger partial charge on any atom is 4.00 e. The molecule has 0 spiro atoms. The topological polar surface area (TPSA) is 92.2 Å². The molecule has 0 saturated carbocycles. The third-order valence-corrected chi connectivity index (χ3v) is 3.35.